The molecule has 8 nitrogen and oxygen atoms in total. The van der Waals surface area contributed by atoms with Crippen LogP contribution in [0, 0.1) is 6.92 Å². The smallest absolute Gasteiger partial charge is 0.342 e. The SMILES string of the molecule is CCCCC/C=C\C/C=C\CCCCCCCC(=O)O[C@@H](C/C=C\CCCCCCCCOC(=O)CC/C(C)=C/Cc1c(O)c2c(c(C)c1OC)COC2=O)CCCCCC. The fourth-order valence-electron chi connectivity index (χ4n) is 7.75. The van der Waals surface area contributed by atoms with E-state index in [0.717, 1.165) is 88.2 Å². The Kier molecular flexibility index (Phi) is 30.4. The van der Waals surface area contributed by atoms with Crippen LogP contribution in [0.5, 0.6) is 11.5 Å². The molecule has 0 aromatic heterocycles. The molecule has 344 valence electrons. The second kappa shape index (κ2) is 34.7. The Balaban J connectivity index is 1.52. The predicted octanol–water partition coefficient (Wildman–Crippen LogP) is 14.6. The van der Waals surface area contributed by atoms with Gasteiger partial charge in [0.05, 0.1) is 13.7 Å². The summed E-state index contributed by atoms with van der Waals surface area (Å²) >= 11 is 0. The normalized spacial score (nSPS) is 13.4. The van der Waals surface area contributed by atoms with Gasteiger partial charge in [-0.3, -0.25) is 9.59 Å². The van der Waals surface area contributed by atoms with Gasteiger partial charge >= 0.3 is 17.9 Å². The van der Waals surface area contributed by atoms with Crippen molar-refractivity contribution < 1.29 is 38.4 Å². The maximum atomic E-state index is 12.7. The monoisotopic (exact) mass is 849 g/mol. The van der Waals surface area contributed by atoms with E-state index >= 15 is 0 Å². The maximum Gasteiger partial charge on any atom is 0.342 e. The Bertz CT molecular complexity index is 1500. The van der Waals surface area contributed by atoms with E-state index in [4.69, 9.17) is 18.9 Å². The number of rotatable bonds is 37. The highest BCUT2D eigenvalue weighted by Crippen LogP contribution is 2.42. The molecule has 0 unspecified atom stereocenters. The summed E-state index contributed by atoms with van der Waals surface area (Å²) in [6.45, 7) is 8.87. The van der Waals surface area contributed by atoms with Gasteiger partial charge in [0, 0.05) is 30.4 Å². The Morgan fingerprint density at radius 1 is 0.721 bits per heavy atom. The van der Waals surface area contributed by atoms with E-state index in [0.29, 0.717) is 49.2 Å². The third-order valence-corrected chi connectivity index (χ3v) is 11.6. The topological polar surface area (TPSA) is 108 Å². The molecule has 8 heteroatoms. The molecule has 2 rings (SSSR count). The molecule has 0 bridgehead atoms. The lowest BCUT2D eigenvalue weighted by molar-refractivity contribution is -0.149. The van der Waals surface area contributed by atoms with Crippen molar-refractivity contribution in [2.45, 2.75) is 220 Å². The van der Waals surface area contributed by atoms with Crippen LogP contribution in [0.1, 0.15) is 221 Å². The van der Waals surface area contributed by atoms with Gasteiger partial charge in [-0.05, 0) is 103 Å². The highest BCUT2D eigenvalue weighted by molar-refractivity contribution is 5.98. The number of hydrogen-bond donors (Lipinski definition) is 1. The lowest BCUT2D eigenvalue weighted by atomic mass is 9.94. The fourth-order valence-corrected chi connectivity index (χ4v) is 7.75. The molecule has 1 aromatic rings. The Hall–Kier alpha value is -3.81. The molecule has 0 spiro atoms. The van der Waals surface area contributed by atoms with E-state index < -0.39 is 5.97 Å². The van der Waals surface area contributed by atoms with Crippen LogP contribution in [0.2, 0.25) is 0 Å². The fraction of sp³-hybridized carbons (Fsp3) is 0.679. The number of phenolic OH excluding ortho intramolecular Hbond substituents is 1. The number of hydrogen-bond acceptors (Lipinski definition) is 8. The van der Waals surface area contributed by atoms with E-state index in [1.165, 1.54) is 77.0 Å². The predicted molar refractivity (Wildman–Crippen MR) is 250 cm³/mol. The summed E-state index contributed by atoms with van der Waals surface area (Å²) in [5.74, 6) is -0.285. The average molecular weight is 849 g/mol. The van der Waals surface area contributed by atoms with Gasteiger partial charge in [0.1, 0.15) is 29.8 Å². The highest BCUT2D eigenvalue weighted by Gasteiger charge is 2.32. The second-order valence-electron chi connectivity index (χ2n) is 16.9. The number of allylic oxidation sites excluding steroid dienone is 7. The number of aromatic hydroxyl groups is 1. The Morgan fingerprint density at radius 3 is 1.98 bits per heavy atom. The summed E-state index contributed by atoms with van der Waals surface area (Å²) in [5.41, 5.74) is 3.23. The van der Waals surface area contributed by atoms with Crippen LogP contribution in [0.25, 0.3) is 0 Å². The first-order valence-corrected chi connectivity index (χ1v) is 24.3. The van der Waals surface area contributed by atoms with Crippen molar-refractivity contribution in [2.75, 3.05) is 13.7 Å². The van der Waals surface area contributed by atoms with E-state index in [9.17, 15) is 19.5 Å². The summed E-state index contributed by atoms with van der Waals surface area (Å²) in [6, 6.07) is 0. The second-order valence-corrected chi connectivity index (χ2v) is 16.9. The minimum absolute atomic E-state index is 0.0112. The van der Waals surface area contributed by atoms with E-state index in [1.54, 1.807) is 7.11 Å². The number of methoxy groups -OCH3 is 1. The van der Waals surface area contributed by atoms with Crippen molar-refractivity contribution in [3.05, 3.63) is 70.4 Å². The van der Waals surface area contributed by atoms with Crippen LogP contribution < -0.4 is 4.74 Å². The van der Waals surface area contributed by atoms with Gasteiger partial charge in [-0.1, -0.05) is 139 Å². The summed E-state index contributed by atoms with van der Waals surface area (Å²) in [7, 11) is 1.55. The van der Waals surface area contributed by atoms with Crippen LogP contribution in [0.3, 0.4) is 0 Å². The summed E-state index contributed by atoms with van der Waals surface area (Å²) in [4.78, 5) is 37.2. The third kappa shape index (κ3) is 23.8. The van der Waals surface area contributed by atoms with E-state index in [2.05, 4.69) is 50.3 Å². The lowest BCUT2D eigenvalue weighted by Crippen LogP contribution is -2.17. The van der Waals surface area contributed by atoms with Crippen LogP contribution in [0.15, 0.2) is 48.1 Å². The zero-order valence-corrected chi connectivity index (χ0v) is 39.1. The molecule has 1 aliphatic heterocycles. The van der Waals surface area contributed by atoms with Gasteiger partial charge in [0.2, 0.25) is 0 Å². The number of esters is 3. The van der Waals surface area contributed by atoms with Gasteiger partial charge in [-0.2, -0.15) is 0 Å². The molecule has 0 amide bonds. The number of cyclic esters (lactones) is 1. The molecular weight excluding hydrogens is 765 g/mol. The molecule has 0 aliphatic carbocycles. The lowest BCUT2D eigenvalue weighted by Gasteiger charge is -2.16. The molecule has 1 atom stereocenters. The maximum absolute atomic E-state index is 12.7. The summed E-state index contributed by atoms with van der Waals surface area (Å²) in [6.07, 6.45) is 44.4. The van der Waals surface area contributed by atoms with Crippen molar-refractivity contribution in [2.24, 2.45) is 0 Å². The van der Waals surface area contributed by atoms with Gasteiger partial charge in [-0.25, -0.2) is 4.79 Å². The Morgan fingerprint density at radius 2 is 1.31 bits per heavy atom. The van der Waals surface area contributed by atoms with Crippen LogP contribution >= 0.6 is 0 Å². The first-order chi connectivity index (χ1) is 29.7. The molecule has 1 heterocycles. The molecule has 1 aromatic carbocycles. The number of phenols is 1. The van der Waals surface area contributed by atoms with E-state index in [1.807, 2.05) is 19.9 Å². The number of fused-ring (bicyclic) bond motifs is 1. The summed E-state index contributed by atoms with van der Waals surface area (Å²) < 4.78 is 22.2. The largest absolute Gasteiger partial charge is 0.507 e. The number of carbonyl (C=O) groups excluding carboxylic acids is 3. The molecule has 0 saturated carbocycles. The minimum Gasteiger partial charge on any atom is -0.507 e. The third-order valence-electron chi connectivity index (χ3n) is 11.6. The molecule has 1 aliphatic rings. The quantitative estimate of drug-likeness (QED) is 0.0305. The van der Waals surface area contributed by atoms with Crippen molar-refractivity contribution in [3.8, 4) is 11.5 Å². The van der Waals surface area contributed by atoms with Crippen molar-refractivity contribution in [1.29, 1.82) is 0 Å². The van der Waals surface area contributed by atoms with Crippen LogP contribution in [-0.2, 0) is 36.8 Å². The number of benzene rings is 1. The van der Waals surface area contributed by atoms with E-state index in [-0.39, 0.29) is 36.0 Å². The van der Waals surface area contributed by atoms with Gasteiger partial charge < -0.3 is 24.1 Å². The van der Waals surface area contributed by atoms with Crippen molar-refractivity contribution in [1.82, 2.24) is 0 Å². The Labute approximate surface area is 371 Å². The first kappa shape index (κ1) is 53.3. The molecule has 1 N–H and O–H groups in total. The first-order valence-electron chi connectivity index (χ1n) is 24.3. The van der Waals surface area contributed by atoms with Gasteiger partial charge in [-0.15, -0.1) is 0 Å². The molecule has 0 fully saturated rings. The molecule has 61 heavy (non-hydrogen) atoms. The standard InChI is InChI=1S/C53H84O8/c1-6-8-10-12-13-14-15-16-17-18-19-22-25-28-32-36-49(55)61-45(34-30-11-9-7-2)35-31-27-24-21-20-23-26-29-33-41-59-48(54)40-38-43(3)37-39-46-51(56)50-47(42-60-53(50)57)44(4)52(46)58-5/h13-14,16-17,27,31,37,45,56H,6-12,15,18-26,28-30,32-36,38-42H2,1-5H3/b14-13-,17-16-,31-27-,43-37+/t45-/m1/s1. The zero-order chi connectivity index (χ0) is 44.3. The van der Waals surface area contributed by atoms with Gasteiger partial charge in [0.15, 0.2) is 0 Å². The number of carbonyl (C=O) groups is 3. The van der Waals surface area contributed by atoms with Crippen LogP contribution in [-0.4, -0.2) is 42.8 Å². The van der Waals surface area contributed by atoms with Crippen LogP contribution in [0.4, 0.5) is 0 Å². The van der Waals surface area contributed by atoms with Gasteiger partial charge in [0.25, 0.3) is 0 Å². The average Bonchev–Trinajstić information content (AvgIpc) is 3.65. The molecule has 0 saturated heterocycles. The highest BCUT2D eigenvalue weighted by atomic mass is 16.5. The minimum atomic E-state index is -0.515. The number of ether oxygens (including phenoxy) is 4. The zero-order valence-electron chi connectivity index (χ0n) is 39.1. The van der Waals surface area contributed by atoms with Crippen molar-refractivity contribution in [3.63, 3.8) is 0 Å². The molecular formula is C53H84O8. The summed E-state index contributed by atoms with van der Waals surface area (Å²) in [5, 5.41) is 10.8. The van der Waals surface area contributed by atoms with Crippen molar-refractivity contribution >= 4 is 17.9 Å². The molecule has 0 radical (unpaired) electrons. The number of unbranched alkanes of at least 4 members (excludes halogenated alkanes) is 17.